The Morgan fingerprint density at radius 3 is 2.65 bits per heavy atom. The lowest BCUT2D eigenvalue weighted by Crippen LogP contribution is -2.53. The number of ether oxygens (including phenoxy) is 2. The maximum Gasteiger partial charge on any atom is 0.335 e. The highest BCUT2D eigenvalue weighted by molar-refractivity contribution is 5.95. The van der Waals surface area contributed by atoms with E-state index < -0.39 is 28.1 Å². The molecular weight excluding hydrogens is 396 g/mol. The Labute approximate surface area is 181 Å². The number of esters is 2. The maximum atomic E-state index is 13.6. The first-order valence-electron chi connectivity index (χ1n) is 11.2. The standard InChI is InChI=1S/C25H28O6/c1-13-9-25-16-5-7-23(4)18(20(26)30-19(23)14-6-8-29-12-14)15(16)10-24(25,28)11-17(13)22(2,3)31-21(25)27/h6,8-9,12,16-17,19,28H,5,7,10-11H2,1-4H3. The van der Waals surface area contributed by atoms with Gasteiger partial charge >= 0.3 is 11.9 Å². The van der Waals surface area contributed by atoms with Crippen LogP contribution in [0, 0.1) is 22.7 Å². The van der Waals surface area contributed by atoms with E-state index in [4.69, 9.17) is 13.9 Å². The molecule has 1 saturated carbocycles. The van der Waals surface area contributed by atoms with E-state index in [9.17, 15) is 14.7 Å². The number of hydrogen-bond acceptors (Lipinski definition) is 6. The molecule has 0 aromatic carbocycles. The molecule has 2 bridgehead atoms. The molecule has 31 heavy (non-hydrogen) atoms. The highest BCUT2D eigenvalue weighted by Crippen LogP contribution is 2.70. The Balaban J connectivity index is 1.55. The molecule has 6 heteroatoms. The van der Waals surface area contributed by atoms with Gasteiger partial charge in [0.15, 0.2) is 0 Å². The SMILES string of the molecule is CC1=CC23C(=O)OC(C)(C)C1CC2(O)CC1=C2C(=O)OC(c4ccoc4)C2(C)CCC13. The molecule has 3 aliphatic heterocycles. The summed E-state index contributed by atoms with van der Waals surface area (Å²) in [5, 5.41) is 12.0. The first-order valence-corrected chi connectivity index (χ1v) is 11.2. The van der Waals surface area contributed by atoms with E-state index in [0.29, 0.717) is 31.3 Å². The van der Waals surface area contributed by atoms with Crippen molar-refractivity contribution in [3.8, 4) is 0 Å². The maximum absolute atomic E-state index is 13.6. The van der Waals surface area contributed by atoms with Crippen LogP contribution in [0.3, 0.4) is 0 Å². The molecule has 2 saturated heterocycles. The summed E-state index contributed by atoms with van der Waals surface area (Å²) in [7, 11) is 0. The van der Waals surface area contributed by atoms with Crippen molar-refractivity contribution in [2.45, 2.75) is 70.7 Å². The lowest BCUT2D eigenvalue weighted by molar-refractivity contribution is -0.173. The van der Waals surface area contributed by atoms with E-state index in [1.807, 2.05) is 32.9 Å². The number of cyclic esters (lactones) is 1. The van der Waals surface area contributed by atoms with E-state index in [-0.39, 0.29) is 23.8 Å². The van der Waals surface area contributed by atoms with Gasteiger partial charge in [-0.05, 0) is 52.5 Å². The van der Waals surface area contributed by atoms with Crippen LogP contribution in [0.2, 0.25) is 0 Å². The van der Waals surface area contributed by atoms with Gasteiger partial charge in [-0.1, -0.05) is 24.1 Å². The molecule has 1 spiro atoms. The Bertz CT molecular complexity index is 1080. The van der Waals surface area contributed by atoms with Crippen molar-refractivity contribution >= 4 is 11.9 Å². The molecule has 0 radical (unpaired) electrons. The Kier molecular flexibility index (Phi) is 3.45. The lowest BCUT2D eigenvalue weighted by Gasteiger charge is -2.45. The fourth-order valence-corrected chi connectivity index (χ4v) is 7.58. The predicted molar refractivity (Wildman–Crippen MR) is 109 cm³/mol. The third-order valence-corrected chi connectivity index (χ3v) is 9.00. The van der Waals surface area contributed by atoms with Crippen molar-refractivity contribution in [3.63, 3.8) is 0 Å². The van der Waals surface area contributed by atoms with Crippen molar-refractivity contribution in [1.29, 1.82) is 0 Å². The minimum Gasteiger partial charge on any atom is -0.472 e. The summed E-state index contributed by atoms with van der Waals surface area (Å²) in [6.07, 6.45) is 6.91. The van der Waals surface area contributed by atoms with E-state index in [1.54, 1.807) is 12.5 Å². The molecule has 6 unspecified atom stereocenters. The summed E-state index contributed by atoms with van der Waals surface area (Å²) >= 11 is 0. The molecule has 4 heterocycles. The van der Waals surface area contributed by atoms with E-state index in [1.165, 1.54) is 0 Å². The van der Waals surface area contributed by atoms with E-state index >= 15 is 0 Å². The molecule has 164 valence electrons. The van der Waals surface area contributed by atoms with Gasteiger partial charge in [-0.15, -0.1) is 0 Å². The van der Waals surface area contributed by atoms with Gasteiger partial charge in [0.05, 0.1) is 18.1 Å². The first kappa shape index (κ1) is 19.4. The van der Waals surface area contributed by atoms with Gasteiger partial charge in [0.25, 0.3) is 0 Å². The number of rotatable bonds is 1. The average molecular weight is 424 g/mol. The normalized spacial score (nSPS) is 44.8. The molecule has 1 aromatic heterocycles. The fourth-order valence-electron chi connectivity index (χ4n) is 7.58. The smallest absolute Gasteiger partial charge is 0.335 e. The van der Waals surface area contributed by atoms with Crippen molar-refractivity contribution in [2.24, 2.45) is 22.7 Å². The summed E-state index contributed by atoms with van der Waals surface area (Å²) in [6, 6.07) is 1.83. The molecule has 7 rings (SSSR count). The summed E-state index contributed by atoms with van der Waals surface area (Å²) in [5.74, 6) is -1.01. The number of hydrogen-bond donors (Lipinski definition) is 1. The van der Waals surface area contributed by atoms with Crippen molar-refractivity contribution in [3.05, 3.63) is 47.0 Å². The fraction of sp³-hybridized carbons (Fsp3) is 0.600. The van der Waals surface area contributed by atoms with Gasteiger partial charge in [0, 0.05) is 28.4 Å². The van der Waals surface area contributed by atoms with E-state index in [2.05, 4.69) is 6.92 Å². The number of aliphatic hydroxyl groups is 1. The lowest BCUT2D eigenvalue weighted by atomic mass is 9.57. The molecule has 6 aliphatic rings. The highest BCUT2D eigenvalue weighted by Gasteiger charge is 2.73. The van der Waals surface area contributed by atoms with Crippen LogP contribution in [-0.4, -0.2) is 28.2 Å². The van der Waals surface area contributed by atoms with Gasteiger partial charge < -0.3 is 19.0 Å². The zero-order valence-corrected chi connectivity index (χ0v) is 18.4. The molecular formula is C25H28O6. The number of fused-ring (bicyclic) bond motifs is 4. The molecule has 3 aliphatic carbocycles. The molecule has 0 amide bonds. The third kappa shape index (κ3) is 2.08. The van der Waals surface area contributed by atoms with Gasteiger partial charge in [0.2, 0.25) is 0 Å². The highest BCUT2D eigenvalue weighted by atomic mass is 16.6. The summed E-state index contributed by atoms with van der Waals surface area (Å²) < 4.78 is 17.1. The summed E-state index contributed by atoms with van der Waals surface area (Å²) in [5.41, 5.74) is -0.120. The summed E-state index contributed by atoms with van der Waals surface area (Å²) in [6.45, 7) is 7.95. The van der Waals surface area contributed by atoms with Gasteiger partial charge in [-0.3, -0.25) is 4.79 Å². The minimum atomic E-state index is -1.26. The van der Waals surface area contributed by atoms with Crippen LogP contribution >= 0.6 is 0 Å². The second-order valence-electron chi connectivity index (χ2n) is 11.0. The quantitative estimate of drug-likeness (QED) is 0.541. The van der Waals surface area contributed by atoms with Gasteiger partial charge in [0.1, 0.15) is 17.1 Å². The van der Waals surface area contributed by atoms with Crippen LogP contribution in [0.1, 0.15) is 65.0 Å². The van der Waals surface area contributed by atoms with Crippen LogP contribution in [0.4, 0.5) is 0 Å². The molecule has 1 aromatic rings. The Morgan fingerprint density at radius 2 is 1.94 bits per heavy atom. The second kappa shape index (κ2) is 5.52. The predicted octanol–water partition coefficient (Wildman–Crippen LogP) is 4.01. The second-order valence-corrected chi connectivity index (χ2v) is 11.0. The zero-order valence-electron chi connectivity index (χ0n) is 18.4. The number of furan rings is 1. The van der Waals surface area contributed by atoms with Crippen LogP contribution in [0.15, 0.2) is 45.8 Å². The van der Waals surface area contributed by atoms with Crippen molar-refractivity contribution in [2.75, 3.05) is 0 Å². The Morgan fingerprint density at radius 1 is 1.16 bits per heavy atom. The van der Waals surface area contributed by atoms with E-state index in [0.717, 1.165) is 16.7 Å². The van der Waals surface area contributed by atoms with Crippen LogP contribution in [0.25, 0.3) is 0 Å². The third-order valence-electron chi connectivity index (χ3n) is 9.00. The summed E-state index contributed by atoms with van der Waals surface area (Å²) in [4.78, 5) is 26.8. The monoisotopic (exact) mass is 424 g/mol. The number of carbonyl (C=O) groups excluding carboxylic acids is 2. The van der Waals surface area contributed by atoms with Crippen LogP contribution in [0.5, 0.6) is 0 Å². The molecule has 3 fully saturated rings. The molecule has 1 N–H and O–H groups in total. The van der Waals surface area contributed by atoms with Gasteiger partial charge in [-0.2, -0.15) is 0 Å². The van der Waals surface area contributed by atoms with Crippen molar-refractivity contribution < 1.29 is 28.6 Å². The topological polar surface area (TPSA) is 86.0 Å². The van der Waals surface area contributed by atoms with Gasteiger partial charge in [-0.25, -0.2) is 4.79 Å². The minimum absolute atomic E-state index is 0.0524. The molecule has 6 atom stereocenters. The van der Waals surface area contributed by atoms with Crippen molar-refractivity contribution in [1.82, 2.24) is 0 Å². The average Bonchev–Trinajstić information content (AvgIpc) is 3.33. The largest absolute Gasteiger partial charge is 0.472 e. The molecule has 6 nitrogen and oxygen atoms in total. The van der Waals surface area contributed by atoms with Crippen LogP contribution < -0.4 is 0 Å². The zero-order chi connectivity index (χ0) is 22.0. The number of carbonyl (C=O) groups is 2. The Hall–Kier alpha value is -2.34. The van der Waals surface area contributed by atoms with Crippen LogP contribution in [-0.2, 0) is 19.1 Å². The first-order chi connectivity index (χ1) is 14.5.